The molecule has 1 heterocycles. The van der Waals surface area contributed by atoms with E-state index in [1.807, 2.05) is 182 Å². The zero-order valence-electron chi connectivity index (χ0n) is 28.3. The van der Waals surface area contributed by atoms with Gasteiger partial charge in [-0.15, -0.1) is 0 Å². The molecule has 0 aliphatic carbocycles. The maximum atomic E-state index is 14.0. The Morgan fingerprint density at radius 2 is 0.760 bits per heavy atom. The average molecular weight is 663 g/mol. The van der Waals surface area contributed by atoms with Crippen LogP contribution < -0.4 is 0 Å². The van der Waals surface area contributed by atoms with Crippen LogP contribution in [-0.2, 0) is 26.3 Å². The van der Waals surface area contributed by atoms with Crippen LogP contribution in [0.25, 0.3) is 0 Å². The molecule has 1 fully saturated rings. The number of hydrogen-bond donors (Lipinski definition) is 3. The Morgan fingerprint density at radius 1 is 0.460 bits per heavy atom. The van der Waals surface area contributed by atoms with Gasteiger partial charge >= 0.3 is 0 Å². The molecule has 1 aliphatic rings. The topological polar surface area (TPSA) is 79.2 Å². The summed E-state index contributed by atoms with van der Waals surface area (Å²) in [5.41, 5.74) is -4.16. The van der Waals surface area contributed by atoms with Crippen LogP contribution in [0.5, 0.6) is 0 Å². The fraction of sp³-hybridized carbons (Fsp3) is 0.200. The zero-order chi connectivity index (χ0) is 34.9. The van der Waals surface area contributed by atoms with Crippen molar-refractivity contribution in [3.8, 4) is 0 Å². The molecule has 252 valence electrons. The van der Waals surface area contributed by atoms with E-state index in [-0.39, 0.29) is 6.42 Å². The van der Waals surface area contributed by atoms with E-state index in [1.54, 1.807) is 13.8 Å². The summed E-state index contributed by atoms with van der Waals surface area (Å²) < 4.78 is 14.3. The standard InChI is InChI=1S/C45H42O5/c1-41(2)49-40(44(47,36-25-13-5-14-26-36)37-27-15-6-16-28-37)43(50-41,45(48,38-29-17-7-18-30-38)39-31-19-8-20-32-39)33-42(46,34-21-9-3-10-22-34)35-23-11-4-12-24-35/h3-32,40,46-48H,33H2,1-2H3/t40-,43-/m0/s1. The first-order chi connectivity index (χ1) is 24.1. The maximum absolute atomic E-state index is 14.0. The molecule has 1 saturated heterocycles. The first kappa shape index (κ1) is 33.6. The van der Waals surface area contributed by atoms with Crippen molar-refractivity contribution in [3.63, 3.8) is 0 Å². The van der Waals surface area contributed by atoms with Crippen LogP contribution in [0.3, 0.4) is 0 Å². The summed E-state index contributed by atoms with van der Waals surface area (Å²) in [4.78, 5) is 0. The molecular formula is C45H42O5. The molecule has 5 nitrogen and oxygen atoms in total. The summed E-state index contributed by atoms with van der Waals surface area (Å²) in [6, 6.07) is 56.2. The van der Waals surface area contributed by atoms with Gasteiger partial charge in [0.25, 0.3) is 0 Å². The minimum Gasteiger partial charge on any atom is -0.380 e. The van der Waals surface area contributed by atoms with Crippen LogP contribution >= 0.6 is 0 Å². The lowest BCUT2D eigenvalue weighted by atomic mass is 9.59. The summed E-state index contributed by atoms with van der Waals surface area (Å²) in [6.07, 6.45) is -1.51. The lowest BCUT2D eigenvalue weighted by molar-refractivity contribution is -0.226. The summed E-state index contributed by atoms with van der Waals surface area (Å²) in [5.74, 6) is -1.34. The molecule has 3 N–H and O–H groups in total. The molecule has 7 rings (SSSR count). The zero-order valence-corrected chi connectivity index (χ0v) is 28.3. The molecule has 0 aromatic heterocycles. The fourth-order valence-corrected chi connectivity index (χ4v) is 7.88. The quantitative estimate of drug-likeness (QED) is 0.138. The number of ether oxygens (including phenoxy) is 2. The predicted molar refractivity (Wildman–Crippen MR) is 195 cm³/mol. The van der Waals surface area contributed by atoms with Gasteiger partial charge in [-0.05, 0) is 47.2 Å². The van der Waals surface area contributed by atoms with Gasteiger partial charge in [-0.1, -0.05) is 182 Å². The smallest absolute Gasteiger partial charge is 0.164 e. The Labute approximate surface area is 294 Å². The fourth-order valence-electron chi connectivity index (χ4n) is 7.88. The number of hydrogen-bond acceptors (Lipinski definition) is 5. The van der Waals surface area contributed by atoms with Crippen LogP contribution in [0.15, 0.2) is 182 Å². The summed E-state index contributed by atoms with van der Waals surface area (Å²) in [6.45, 7) is 3.58. The van der Waals surface area contributed by atoms with Crippen LogP contribution in [0.4, 0.5) is 0 Å². The van der Waals surface area contributed by atoms with Crippen LogP contribution in [0.2, 0.25) is 0 Å². The van der Waals surface area contributed by atoms with Crippen molar-refractivity contribution in [1.29, 1.82) is 0 Å². The molecule has 0 amide bonds. The SMILES string of the molecule is CC1(C)O[C@H](C(O)(c2ccccc2)c2ccccc2)[C@@](CC(O)(c2ccccc2)c2ccccc2)(C(O)(c2ccccc2)c2ccccc2)O1. The second-order valence-electron chi connectivity index (χ2n) is 13.6. The van der Waals surface area contributed by atoms with Gasteiger partial charge in [0.15, 0.2) is 5.79 Å². The monoisotopic (exact) mass is 662 g/mol. The van der Waals surface area contributed by atoms with Crippen molar-refractivity contribution in [2.45, 2.75) is 54.6 Å². The van der Waals surface area contributed by atoms with Crippen molar-refractivity contribution >= 4 is 0 Å². The van der Waals surface area contributed by atoms with Gasteiger partial charge in [-0.2, -0.15) is 0 Å². The Bertz CT molecular complexity index is 1870. The first-order valence-electron chi connectivity index (χ1n) is 17.0. The second kappa shape index (κ2) is 13.1. The Kier molecular flexibility index (Phi) is 8.81. The van der Waals surface area contributed by atoms with Crippen LogP contribution in [-0.4, -0.2) is 32.8 Å². The lowest BCUT2D eigenvalue weighted by Gasteiger charge is -2.53. The third kappa shape index (κ3) is 5.58. The molecule has 5 heteroatoms. The minimum absolute atomic E-state index is 0.218. The Hall–Kier alpha value is -4.88. The Morgan fingerprint density at radius 3 is 1.10 bits per heavy atom. The van der Waals surface area contributed by atoms with Gasteiger partial charge in [-0.25, -0.2) is 0 Å². The minimum atomic E-state index is -2.00. The molecule has 0 bridgehead atoms. The highest BCUT2D eigenvalue weighted by Crippen LogP contribution is 2.60. The summed E-state index contributed by atoms with van der Waals surface area (Å²) in [7, 11) is 0. The second-order valence-corrected chi connectivity index (χ2v) is 13.6. The van der Waals surface area contributed by atoms with E-state index >= 15 is 0 Å². The Balaban J connectivity index is 1.63. The van der Waals surface area contributed by atoms with E-state index in [0.29, 0.717) is 33.4 Å². The average Bonchev–Trinajstić information content (AvgIpc) is 3.47. The molecule has 1 aliphatic heterocycles. The highest BCUT2D eigenvalue weighted by molar-refractivity contribution is 5.48. The van der Waals surface area contributed by atoms with E-state index < -0.39 is 34.3 Å². The number of aliphatic hydroxyl groups is 3. The summed E-state index contributed by atoms with van der Waals surface area (Å²) >= 11 is 0. The largest absolute Gasteiger partial charge is 0.380 e. The molecule has 2 atom stereocenters. The van der Waals surface area contributed by atoms with E-state index in [9.17, 15) is 15.3 Å². The highest BCUT2D eigenvalue weighted by atomic mass is 16.8. The molecule has 0 unspecified atom stereocenters. The number of benzene rings is 6. The van der Waals surface area contributed by atoms with Gasteiger partial charge in [0.2, 0.25) is 0 Å². The third-order valence-electron chi connectivity index (χ3n) is 10.1. The third-order valence-corrected chi connectivity index (χ3v) is 10.1. The van der Waals surface area contributed by atoms with Crippen molar-refractivity contribution < 1.29 is 24.8 Å². The van der Waals surface area contributed by atoms with E-state index in [0.717, 1.165) is 0 Å². The number of rotatable bonds is 10. The van der Waals surface area contributed by atoms with Crippen molar-refractivity contribution in [2.24, 2.45) is 0 Å². The van der Waals surface area contributed by atoms with E-state index in [2.05, 4.69) is 0 Å². The molecule has 6 aromatic rings. The molecule has 50 heavy (non-hydrogen) atoms. The van der Waals surface area contributed by atoms with Crippen molar-refractivity contribution in [2.75, 3.05) is 0 Å². The van der Waals surface area contributed by atoms with Gasteiger partial charge < -0.3 is 24.8 Å². The molecule has 0 saturated carbocycles. The highest BCUT2D eigenvalue weighted by Gasteiger charge is 2.72. The molecule has 6 aromatic carbocycles. The predicted octanol–water partition coefficient (Wildman–Crippen LogP) is 8.08. The molecular weight excluding hydrogens is 620 g/mol. The molecule has 0 radical (unpaired) electrons. The van der Waals surface area contributed by atoms with Gasteiger partial charge in [-0.3, -0.25) is 0 Å². The van der Waals surface area contributed by atoms with E-state index in [4.69, 9.17) is 9.47 Å². The van der Waals surface area contributed by atoms with Crippen molar-refractivity contribution in [1.82, 2.24) is 0 Å². The molecule has 0 spiro atoms. The van der Waals surface area contributed by atoms with E-state index in [1.165, 1.54) is 0 Å². The van der Waals surface area contributed by atoms with Gasteiger partial charge in [0.1, 0.15) is 28.5 Å². The summed E-state index contributed by atoms with van der Waals surface area (Å²) in [5, 5.41) is 41.0. The maximum Gasteiger partial charge on any atom is 0.164 e. The van der Waals surface area contributed by atoms with Crippen molar-refractivity contribution in [3.05, 3.63) is 215 Å². The lowest BCUT2D eigenvalue weighted by Crippen LogP contribution is -2.66. The van der Waals surface area contributed by atoms with Crippen LogP contribution in [0.1, 0.15) is 53.6 Å². The van der Waals surface area contributed by atoms with Gasteiger partial charge in [0.05, 0.1) is 0 Å². The van der Waals surface area contributed by atoms with Gasteiger partial charge in [0, 0.05) is 6.42 Å². The first-order valence-corrected chi connectivity index (χ1v) is 17.0. The normalized spacial score (nSPS) is 19.3. The van der Waals surface area contributed by atoms with Crippen LogP contribution in [0, 0.1) is 0 Å².